The third-order valence-electron chi connectivity index (χ3n) is 2.57. The molecule has 2 rings (SSSR count). The van der Waals surface area contributed by atoms with Crippen molar-refractivity contribution < 1.29 is 4.74 Å². The van der Waals surface area contributed by atoms with Crippen LogP contribution in [0.5, 0.6) is 11.6 Å². The van der Waals surface area contributed by atoms with Crippen molar-refractivity contribution in [3.8, 4) is 11.6 Å². The molecule has 0 saturated heterocycles. The van der Waals surface area contributed by atoms with Crippen LogP contribution >= 0.6 is 0 Å². The number of ether oxygens (including phenoxy) is 1. The first-order valence-electron chi connectivity index (χ1n) is 5.80. The summed E-state index contributed by atoms with van der Waals surface area (Å²) < 4.78 is 7.51. The standard InChI is InChI=1S/C12H17N5O/c1-7(2)17-6-10(5-14-17)18-12-8(3)11(13)15-9(4)16-12/h5-7H,1-4H3,(H2,13,15,16). The highest BCUT2D eigenvalue weighted by Crippen LogP contribution is 2.25. The van der Waals surface area contributed by atoms with Gasteiger partial charge in [-0.1, -0.05) is 0 Å². The molecule has 0 aromatic carbocycles. The fourth-order valence-electron chi connectivity index (χ4n) is 1.49. The topological polar surface area (TPSA) is 78.9 Å². The van der Waals surface area contributed by atoms with Gasteiger partial charge in [0.25, 0.3) is 0 Å². The summed E-state index contributed by atoms with van der Waals surface area (Å²) in [5.41, 5.74) is 6.51. The molecular formula is C12H17N5O. The van der Waals surface area contributed by atoms with E-state index in [1.807, 2.05) is 17.8 Å². The van der Waals surface area contributed by atoms with Crippen molar-refractivity contribution in [2.45, 2.75) is 33.7 Å². The highest BCUT2D eigenvalue weighted by atomic mass is 16.5. The second-order valence-corrected chi connectivity index (χ2v) is 4.44. The molecule has 0 aliphatic heterocycles. The maximum Gasteiger partial charge on any atom is 0.227 e. The first-order valence-corrected chi connectivity index (χ1v) is 5.80. The van der Waals surface area contributed by atoms with Crippen molar-refractivity contribution in [3.63, 3.8) is 0 Å². The van der Waals surface area contributed by atoms with E-state index in [2.05, 4.69) is 28.9 Å². The number of nitrogens with two attached hydrogens (primary N) is 1. The zero-order valence-corrected chi connectivity index (χ0v) is 11.0. The van der Waals surface area contributed by atoms with Crippen LogP contribution < -0.4 is 10.5 Å². The lowest BCUT2D eigenvalue weighted by Gasteiger charge is -2.08. The van der Waals surface area contributed by atoms with Gasteiger partial charge in [-0.05, 0) is 27.7 Å². The normalized spacial score (nSPS) is 10.9. The summed E-state index contributed by atoms with van der Waals surface area (Å²) in [6.07, 6.45) is 3.49. The first-order chi connectivity index (χ1) is 8.47. The van der Waals surface area contributed by atoms with E-state index >= 15 is 0 Å². The summed E-state index contributed by atoms with van der Waals surface area (Å²) in [4.78, 5) is 8.31. The Morgan fingerprint density at radius 2 is 2.00 bits per heavy atom. The van der Waals surface area contributed by atoms with Crippen LogP contribution in [-0.4, -0.2) is 19.7 Å². The number of aromatic nitrogens is 4. The van der Waals surface area contributed by atoms with Gasteiger partial charge in [-0.25, -0.2) is 4.98 Å². The van der Waals surface area contributed by atoms with Crippen LogP contribution in [0.15, 0.2) is 12.4 Å². The van der Waals surface area contributed by atoms with Crippen LogP contribution in [0.4, 0.5) is 5.82 Å². The summed E-state index contributed by atoms with van der Waals surface area (Å²) >= 11 is 0. The van der Waals surface area contributed by atoms with Crippen molar-refractivity contribution in [3.05, 3.63) is 23.8 Å². The van der Waals surface area contributed by atoms with E-state index in [1.54, 1.807) is 13.1 Å². The molecule has 2 heterocycles. The van der Waals surface area contributed by atoms with Crippen LogP contribution in [0, 0.1) is 13.8 Å². The van der Waals surface area contributed by atoms with Crippen molar-refractivity contribution in [2.24, 2.45) is 0 Å². The Labute approximate surface area is 106 Å². The Morgan fingerprint density at radius 3 is 2.61 bits per heavy atom. The predicted octanol–water partition coefficient (Wildman–Crippen LogP) is 2.25. The molecule has 6 heteroatoms. The highest BCUT2D eigenvalue weighted by Gasteiger charge is 2.10. The molecule has 0 fully saturated rings. The molecule has 2 aromatic heterocycles. The molecular weight excluding hydrogens is 230 g/mol. The number of nitrogen functional groups attached to an aromatic ring is 1. The lowest BCUT2D eigenvalue weighted by molar-refractivity contribution is 0.452. The second-order valence-electron chi connectivity index (χ2n) is 4.44. The van der Waals surface area contributed by atoms with Crippen LogP contribution in [0.2, 0.25) is 0 Å². The minimum absolute atomic E-state index is 0.292. The van der Waals surface area contributed by atoms with Gasteiger partial charge in [0.2, 0.25) is 5.88 Å². The predicted molar refractivity (Wildman–Crippen MR) is 68.6 cm³/mol. The van der Waals surface area contributed by atoms with E-state index < -0.39 is 0 Å². The fourth-order valence-corrected chi connectivity index (χ4v) is 1.49. The molecule has 0 atom stereocenters. The van der Waals surface area contributed by atoms with Crippen molar-refractivity contribution in [1.82, 2.24) is 19.7 Å². The van der Waals surface area contributed by atoms with Crippen molar-refractivity contribution in [2.75, 3.05) is 5.73 Å². The van der Waals surface area contributed by atoms with E-state index in [0.717, 1.165) is 5.56 Å². The average molecular weight is 247 g/mol. The highest BCUT2D eigenvalue weighted by molar-refractivity contribution is 5.45. The SMILES string of the molecule is Cc1nc(N)c(C)c(Oc2cnn(C(C)C)c2)n1. The van der Waals surface area contributed by atoms with Gasteiger partial charge in [-0.3, -0.25) is 4.68 Å². The lowest BCUT2D eigenvalue weighted by atomic mass is 10.3. The van der Waals surface area contributed by atoms with Crippen molar-refractivity contribution in [1.29, 1.82) is 0 Å². The molecule has 0 saturated carbocycles. The van der Waals surface area contributed by atoms with E-state index in [9.17, 15) is 0 Å². The van der Waals surface area contributed by atoms with Gasteiger partial charge in [0.15, 0.2) is 5.75 Å². The minimum atomic E-state index is 0.292. The van der Waals surface area contributed by atoms with E-state index in [0.29, 0.717) is 29.3 Å². The molecule has 6 nitrogen and oxygen atoms in total. The Morgan fingerprint density at radius 1 is 1.28 bits per heavy atom. The third kappa shape index (κ3) is 2.42. The van der Waals surface area contributed by atoms with Gasteiger partial charge in [0.1, 0.15) is 11.6 Å². The maximum absolute atomic E-state index is 5.78. The molecule has 0 aliphatic rings. The Bertz CT molecular complexity index is 562. The number of aryl methyl sites for hydroxylation is 1. The van der Waals surface area contributed by atoms with Gasteiger partial charge in [-0.15, -0.1) is 0 Å². The largest absolute Gasteiger partial charge is 0.435 e. The summed E-state index contributed by atoms with van der Waals surface area (Å²) in [6.45, 7) is 7.71. The van der Waals surface area contributed by atoms with E-state index in [1.165, 1.54) is 0 Å². The lowest BCUT2D eigenvalue weighted by Crippen LogP contribution is -2.02. The summed E-state index contributed by atoms with van der Waals surface area (Å²) in [6, 6.07) is 0.292. The Balaban J connectivity index is 2.28. The summed E-state index contributed by atoms with van der Waals surface area (Å²) in [7, 11) is 0. The first kappa shape index (κ1) is 12.3. The molecule has 0 spiro atoms. The number of rotatable bonds is 3. The van der Waals surface area contributed by atoms with Crippen LogP contribution in [0.3, 0.4) is 0 Å². The summed E-state index contributed by atoms with van der Waals surface area (Å²) in [5, 5.41) is 4.20. The number of hydrogen-bond acceptors (Lipinski definition) is 5. The Kier molecular flexibility index (Phi) is 3.18. The number of nitrogens with zero attached hydrogens (tertiary/aromatic N) is 4. The van der Waals surface area contributed by atoms with Crippen LogP contribution in [0.25, 0.3) is 0 Å². The molecule has 18 heavy (non-hydrogen) atoms. The molecule has 0 radical (unpaired) electrons. The number of hydrogen-bond donors (Lipinski definition) is 1. The Hall–Kier alpha value is -2.11. The quantitative estimate of drug-likeness (QED) is 0.899. The average Bonchev–Trinajstić information content (AvgIpc) is 2.74. The van der Waals surface area contributed by atoms with Gasteiger partial charge in [-0.2, -0.15) is 10.1 Å². The minimum Gasteiger partial charge on any atom is -0.435 e. The molecule has 0 unspecified atom stereocenters. The van der Waals surface area contributed by atoms with Gasteiger partial charge >= 0.3 is 0 Å². The van der Waals surface area contributed by atoms with E-state index in [4.69, 9.17) is 10.5 Å². The van der Waals surface area contributed by atoms with Gasteiger partial charge in [0.05, 0.1) is 18.0 Å². The second kappa shape index (κ2) is 4.64. The molecule has 0 aliphatic carbocycles. The summed E-state index contributed by atoms with van der Waals surface area (Å²) in [5.74, 6) is 2.14. The molecule has 2 N–H and O–H groups in total. The zero-order chi connectivity index (χ0) is 13.3. The fraction of sp³-hybridized carbons (Fsp3) is 0.417. The maximum atomic E-state index is 5.78. The smallest absolute Gasteiger partial charge is 0.227 e. The molecule has 2 aromatic rings. The number of anilines is 1. The van der Waals surface area contributed by atoms with Crippen molar-refractivity contribution >= 4 is 5.82 Å². The molecule has 0 amide bonds. The molecule has 0 bridgehead atoms. The van der Waals surface area contributed by atoms with Crippen LogP contribution in [0.1, 0.15) is 31.3 Å². The monoisotopic (exact) mass is 247 g/mol. The third-order valence-corrected chi connectivity index (χ3v) is 2.57. The van der Waals surface area contributed by atoms with Crippen LogP contribution in [-0.2, 0) is 0 Å². The van der Waals surface area contributed by atoms with Gasteiger partial charge < -0.3 is 10.5 Å². The molecule has 96 valence electrons. The zero-order valence-electron chi connectivity index (χ0n) is 11.0. The van der Waals surface area contributed by atoms with E-state index in [-0.39, 0.29) is 0 Å². The van der Waals surface area contributed by atoms with Gasteiger partial charge in [0, 0.05) is 6.04 Å².